The van der Waals surface area contributed by atoms with Crippen molar-refractivity contribution in [2.45, 2.75) is 57.9 Å². The zero-order valence-corrected chi connectivity index (χ0v) is 13.8. The third-order valence-corrected chi connectivity index (χ3v) is 3.75. The molecule has 0 fully saturated rings. The van der Waals surface area contributed by atoms with Crippen LogP contribution >= 0.6 is 0 Å². The highest BCUT2D eigenvalue weighted by molar-refractivity contribution is 5.28. The minimum Gasteiger partial charge on any atom is -0.338 e. The molecule has 119 valence electrons. The van der Waals surface area contributed by atoms with Gasteiger partial charge in [-0.15, -0.1) is 0 Å². The molecule has 4 heteroatoms. The maximum absolute atomic E-state index is 6.03. The molecule has 1 radical (unpaired) electrons. The van der Waals surface area contributed by atoms with Gasteiger partial charge in [0.25, 0.3) is 0 Å². The van der Waals surface area contributed by atoms with Gasteiger partial charge < -0.3 is 10.3 Å². The first-order valence-corrected chi connectivity index (χ1v) is 7.87. The van der Waals surface area contributed by atoms with Gasteiger partial charge in [0, 0.05) is 6.42 Å². The van der Waals surface area contributed by atoms with Crippen molar-refractivity contribution in [3.63, 3.8) is 0 Å². The molecule has 0 unspecified atom stereocenters. The third-order valence-electron chi connectivity index (χ3n) is 3.75. The summed E-state index contributed by atoms with van der Waals surface area (Å²) in [6, 6.07) is 8.39. The number of unbranched alkanes of at least 4 members (excludes halogenated alkanes) is 1. The van der Waals surface area contributed by atoms with E-state index >= 15 is 0 Å². The van der Waals surface area contributed by atoms with Crippen LogP contribution in [-0.4, -0.2) is 10.1 Å². The molecule has 0 saturated heterocycles. The summed E-state index contributed by atoms with van der Waals surface area (Å²) in [5.74, 6) is 1.21. The van der Waals surface area contributed by atoms with Crippen molar-refractivity contribution < 1.29 is 4.52 Å². The molecule has 0 aliphatic rings. The summed E-state index contributed by atoms with van der Waals surface area (Å²) in [6.45, 7) is 10.4. The van der Waals surface area contributed by atoms with E-state index in [0.29, 0.717) is 18.1 Å². The second kappa shape index (κ2) is 7.05. The largest absolute Gasteiger partial charge is 0.338 e. The Bertz CT molecular complexity index is 581. The van der Waals surface area contributed by atoms with Gasteiger partial charge in [0.05, 0.1) is 6.04 Å². The van der Waals surface area contributed by atoms with Gasteiger partial charge in [-0.2, -0.15) is 4.98 Å². The molecule has 22 heavy (non-hydrogen) atoms. The van der Waals surface area contributed by atoms with Crippen molar-refractivity contribution in [1.29, 1.82) is 0 Å². The Morgan fingerprint density at radius 3 is 2.50 bits per heavy atom. The summed E-state index contributed by atoms with van der Waals surface area (Å²) in [5.41, 5.74) is 8.69. The second-order valence-corrected chi connectivity index (χ2v) is 6.77. The van der Waals surface area contributed by atoms with Crippen LogP contribution in [0.4, 0.5) is 0 Å². The lowest BCUT2D eigenvalue weighted by Gasteiger charge is -2.18. The Hall–Kier alpha value is -1.68. The zero-order chi connectivity index (χ0) is 16.2. The molecule has 4 nitrogen and oxygen atoms in total. The molecule has 0 aliphatic heterocycles. The van der Waals surface area contributed by atoms with E-state index in [1.807, 2.05) is 0 Å². The summed E-state index contributed by atoms with van der Waals surface area (Å²) >= 11 is 0. The monoisotopic (exact) mass is 300 g/mol. The lowest BCUT2D eigenvalue weighted by Crippen LogP contribution is -2.11. The first kappa shape index (κ1) is 16.7. The molecule has 1 aromatic carbocycles. The Kier molecular flexibility index (Phi) is 5.35. The summed E-state index contributed by atoms with van der Waals surface area (Å²) in [7, 11) is 0. The third kappa shape index (κ3) is 4.41. The molecule has 0 amide bonds. The average molecular weight is 300 g/mol. The van der Waals surface area contributed by atoms with Crippen LogP contribution in [0.1, 0.15) is 68.9 Å². The number of nitrogens with zero attached hydrogens (tertiary/aromatic N) is 2. The van der Waals surface area contributed by atoms with Crippen molar-refractivity contribution in [3.05, 3.63) is 54.0 Å². The number of hydrogen-bond donors (Lipinski definition) is 1. The Morgan fingerprint density at radius 2 is 1.91 bits per heavy atom. The van der Waals surface area contributed by atoms with Gasteiger partial charge in [0.15, 0.2) is 5.82 Å². The van der Waals surface area contributed by atoms with Crippen LogP contribution < -0.4 is 5.73 Å². The van der Waals surface area contributed by atoms with E-state index in [0.717, 1.165) is 19.3 Å². The smallest absolute Gasteiger partial charge is 0.243 e. The number of aromatic nitrogens is 2. The van der Waals surface area contributed by atoms with Crippen LogP contribution in [0, 0.1) is 6.92 Å². The number of rotatable bonds is 6. The first-order chi connectivity index (χ1) is 10.4. The summed E-state index contributed by atoms with van der Waals surface area (Å²) in [4.78, 5) is 4.41. The van der Waals surface area contributed by atoms with Gasteiger partial charge in [0.2, 0.25) is 5.89 Å². The fourth-order valence-electron chi connectivity index (χ4n) is 2.28. The minimum atomic E-state index is -0.189. The van der Waals surface area contributed by atoms with Crippen LogP contribution in [0.2, 0.25) is 0 Å². The lowest BCUT2D eigenvalue weighted by atomic mass is 9.86. The molecule has 0 saturated carbocycles. The van der Waals surface area contributed by atoms with Gasteiger partial charge in [0.1, 0.15) is 0 Å². The molecule has 2 rings (SSSR count). The molecule has 0 aliphatic carbocycles. The highest BCUT2D eigenvalue weighted by Crippen LogP contribution is 2.23. The molecular formula is C18H26N3O. The van der Waals surface area contributed by atoms with E-state index in [4.69, 9.17) is 10.3 Å². The maximum Gasteiger partial charge on any atom is 0.243 e. The Balaban J connectivity index is 2.01. The molecule has 2 N–H and O–H groups in total. The topological polar surface area (TPSA) is 64.9 Å². The maximum atomic E-state index is 6.03. The van der Waals surface area contributed by atoms with E-state index in [2.05, 4.69) is 62.1 Å². The van der Waals surface area contributed by atoms with Crippen molar-refractivity contribution in [2.75, 3.05) is 0 Å². The predicted molar refractivity (Wildman–Crippen MR) is 88.4 cm³/mol. The molecule has 0 bridgehead atoms. The van der Waals surface area contributed by atoms with E-state index in [1.54, 1.807) is 0 Å². The van der Waals surface area contributed by atoms with Gasteiger partial charge in [-0.1, -0.05) is 70.0 Å². The number of hydrogen-bond acceptors (Lipinski definition) is 4. The number of nitrogens with two attached hydrogens (primary N) is 1. The molecule has 1 atom stereocenters. The fraction of sp³-hybridized carbons (Fsp3) is 0.500. The van der Waals surface area contributed by atoms with Gasteiger partial charge in [-0.3, -0.25) is 0 Å². The second-order valence-electron chi connectivity index (χ2n) is 6.77. The quantitative estimate of drug-likeness (QED) is 0.877. The van der Waals surface area contributed by atoms with Gasteiger partial charge >= 0.3 is 0 Å². The number of benzene rings is 1. The van der Waals surface area contributed by atoms with Crippen molar-refractivity contribution >= 4 is 0 Å². The summed E-state index contributed by atoms with van der Waals surface area (Å²) in [5, 5.41) is 4.03. The molecule has 1 heterocycles. The van der Waals surface area contributed by atoms with Crippen LogP contribution in [0.3, 0.4) is 0 Å². The summed E-state index contributed by atoms with van der Waals surface area (Å²) in [6.07, 6.45) is 3.32. The first-order valence-electron chi connectivity index (χ1n) is 7.87. The molecule has 2 aromatic rings. The van der Waals surface area contributed by atoms with Crippen molar-refractivity contribution in [2.24, 2.45) is 5.73 Å². The Morgan fingerprint density at radius 1 is 1.23 bits per heavy atom. The Labute approximate surface area is 133 Å². The fourth-order valence-corrected chi connectivity index (χ4v) is 2.28. The van der Waals surface area contributed by atoms with E-state index in [1.165, 1.54) is 11.1 Å². The molecule has 1 aromatic heterocycles. The minimum absolute atomic E-state index is 0.165. The zero-order valence-electron chi connectivity index (χ0n) is 13.8. The van der Waals surface area contributed by atoms with E-state index in [-0.39, 0.29) is 11.5 Å². The molecular weight excluding hydrogens is 274 g/mol. The van der Waals surface area contributed by atoms with Gasteiger partial charge in [-0.05, 0) is 23.0 Å². The highest BCUT2D eigenvalue weighted by Gasteiger charge is 2.15. The van der Waals surface area contributed by atoms with E-state index < -0.39 is 0 Å². The predicted octanol–water partition coefficient (Wildman–Crippen LogP) is 3.96. The van der Waals surface area contributed by atoms with Crippen LogP contribution in [0.15, 0.2) is 28.8 Å². The summed E-state index contributed by atoms with van der Waals surface area (Å²) < 4.78 is 5.27. The van der Waals surface area contributed by atoms with Crippen molar-refractivity contribution in [1.82, 2.24) is 10.1 Å². The van der Waals surface area contributed by atoms with Crippen LogP contribution in [-0.2, 0) is 11.8 Å². The van der Waals surface area contributed by atoms with Gasteiger partial charge in [-0.25, -0.2) is 0 Å². The lowest BCUT2D eigenvalue weighted by molar-refractivity contribution is 0.343. The standard InChI is InChI=1S/C18H26N3O/c1-5-6-7-15(19)17-20-16(21-22-17)12-13-8-10-14(11-9-13)18(2,3)4/h8-11,15H,1,5-7,12,19H2,2-4H3/t15-/m0/s1. The SMILES string of the molecule is [CH2]CCC[C@H](N)c1nc(Cc2ccc(C(C)(C)C)cc2)no1. The van der Waals surface area contributed by atoms with Crippen molar-refractivity contribution in [3.8, 4) is 0 Å². The van der Waals surface area contributed by atoms with E-state index in [9.17, 15) is 0 Å². The normalized spacial score (nSPS) is 13.3. The van der Waals surface area contributed by atoms with Crippen LogP contribution in [0.25, 0.3) is 0 Å². The molecule has 0 spiro atoms. The highest BCUT2D eigenvalue weighted by atomic mass is 16.5. The van der Waals surface area contributed by atoms with Crippen LogP contribution in [0.5, 0.6) is 0 Å². The average Bonchev–Trinajstić information content (AvgIpc) is 2.93.